The lowest BCUT2D eigenvalue weighted by molar-refractivity contribution is 0.479. The highest BCUT2D eigenvalue weighted by molar-refractivity contribution is 5.63. The molecule has 0 spiro atoms. The quantitative estimate of drug-likeness (QED) is 0.632. The maximum absolute atomic E-state index is 3.78. The van der Waals surface area contributed by atoms with Crippen molar-refractivity contribution in [2.75, 3.05) is 0 Å². The van der Waals surface area contributed by atoms with Gasteiger partial charge in [0, 0.05) is 10.8 Å². The third-order valence-electron chi connectivity index (χ3n) is 5.84. The van der Waals surface area contributed by atoms with Gasteiger partial charge in [-0.2, -0.15) is 0 Å². The third-order valence-corrected chi connectivity index (χ3v) is 5.84. The van der Waals surface area contributed by atoms with Crippen LogP contribution in [0.3, 0.4) is 0 Å². The zero-order valence-corrected chi connectivity index (χ0v) is 14.3. The second kappa shape index (κ2) is 5.12. The van der Waals surface area contributed by atoms with Gasteiger partial charge < -0.3 is 0 Å². The highest BCUT2D eigenvalue weighted by Gasteiger charge is 2.43. The van der Waals surface area contributed by atoms with E-state index < -0.39 is 0 Å². The lowest BCUT2D eigenvalue weighted by Gasteiger charge is -2.35. The van der Waals surface area contributed by atoms with Gasteiger partial charge >= 0.3 is 0 Å². The minimum absolute atomic E-state index is 0.0582. The molecular weight excluding hydrogens is 264 g/mol. The van der Waals surface area contributed by atoms with Crippen molar-refractivity contribution in [2.45, 2.75) is 46.5 Å². The Morgan fingerprint density at radius 2 is 1.73 bits per heavy atom. The van der Waals surface area contributed by atoms with E-state index in [1.165, 1.54) is 27.9 Å². The van der Waals surface area contributed by atoms with E-state index in [-0.39, 0.29) is 10.8 Å². The Morgan fingerprint density at radius 1 is 1.05 bits per heavy atom. The highest BCUT2D eigenvalue weighted by atomic mass is 14.5. The van der Waals surface area contributed by atoms with Crippen LogP contribution in [0.4, 0.5) is 0 Å². The fourth-order valence-electron chi connectivity index (χ4n) is 3.85. The SMILES string of the molecule is CCC1(C)[C]=C2C=CC=C(C)C(C)(c3ccccc3)C2=C1C. The van der Waals surface area contributed by atoms with E-state index in [1.807, 2.05) is 0 Å². The Morgan fingerprint density at radius 3 is 2.36 bits per heavy atom. The van der Waals surface area contributed by atoms with Crippen molar-refractivity contribution in [3.05, 3.63) is 82.5 Å². The van der Waals surface area contributed by atoms with Crippen LogP contribution in [0.15, 0.2) is 70.9 Å². The monoisotopic (exact) mass is 289 g/mol. The molecule has 113 valence electrons. The Hall–Kier alpha value is -1.82. The van der Waals surface area contributed by atoms with Gasteiger partial charge in [-0.15, -0.1) is 0 Å². The summed E-state index contributed by atoms with van der Waals surface area (Å²) in [5, 5.41) is 0. The molecule has 0 saturated heterocycles. The predicted octanol–water partition coefficient (Wildman–Crippen LogP) is 5.94. The number of hydrogen-bond acceptors (Lipinski definition) is 0. The third kappa shape index (κ3) is 1.97. The summed E-state index contributed by atoms with van der Waals surface area (Å²) >= 11 is 0. The summed E-state index contributed by atoms with van der Waals surface area (Å²) in [6.07, 6.45) is 11.5. The van der Waals surface area contributed by atoms with Crippen molar-refractivity contribution in [2.24, 2.45) is 5.41 Å². The minimum atomic E-state index is -0.0793. The maximum Gasteiger partial charge on any atom is 0.0389 e. The first-order chi connectivity index (χ1) is 10.4. The topological polar surface area (TPSA) is 0 Å². The molecule has 0 bridgehead atoms. The number of allylic oxidation sites excluding steroid dienone is 8. The highest BCUT2D eigenvalue weighted by Crippen LogP contribution is 2.53. The largest absolute Gasteiger partial charge is 0.0642 e. The molecule has 1 radical (unpaired) electrons. The average Bonchev–Trinajstić information content (AvgIpc) is 2.71. The van der Waals surface area contributed by atoms with Crippen LogP contribution < -0.4 is 0 Å². The molecule has 2 unspecified atom stereocenters. The predicted molar refractivity (Wildman–Crippen MR) is 94.5 cm³/mol. The zero-order valence-electron chi connectivity index (χ0n) is 14.3. The molecule has 0 fully saturated rings. The van der Waals surface area contributed by atoms with Crippen molar-refractivity contribution in [3.63, 3.8) is 0 Å². The summed E-state index contributed by atoms with van der Waals surface area (Å²) < 4.78 is 0. The second-order valence-electron chi connectivity index (χ2n) is 6.92. The fourth-order valence-corrected chi connectivity index (χ4v) is 3.85. The Labute approximate surface area is 135 Å². The summed E-state index contributed by atoms with van der Waals surface area (Å²) in [5.74, 6) is 0. The molecule has 0 N–H and O–H groups in total. The van der Waals surface area contributed by atoms with Crippen LogP contribution in [0, 0.1) is 11.5 Å². The summed E-state index contributed by atoms with van der Waals surface area (Å²) in [6.45, 7) is 11.5. The van der Waals surface area contributed by atoms with E-state index in [0.717, 1.165) is 6.42 Å². The normalized spacial score (nSPS) is 30.8. The van der Waals surface area contributed by atoms with E-state index in [2.05, 4.69) is 89.3 Å². The molecule has 0 saturated carbocycles. The first-order valence-electron chi connectivity index (χ1n) is 8.22. The van der Waals surface area contributed by atoms with E-state index in [0.29, 0.717) is 0 Å². The van der Waals surface area contributed by atoms with E-state index in [4.69, 9.17) is 0 Å². The molecule has 1 aromatic rings. The summed E-state index contributed by atoms with van der Waals surface area (Å²) in [7, 11) is 0. The lowest BCUT2D eigenvalue weighted by Crippen LogP contribution is -2.27. The Bertz CT molecular complexity index is 712. The van der Waals surface area contributed by atoms with Gasteiger partial charge in [0.1, 0.15) is 0 Å². The van der Waals surface area contributed by atoms with E-state index >= 15 is 0 Å². The summed E-state index contributed by atoms with van der Waals surface area (Å²) in [6, 6.07) is 10.9. The minimum Gasteiger partial charge on any atom is -0.0642 e. The first kappa shape index (κ1) is 15.1. The van der Waals surface area contributed by atoms with Crippen LogP contribution in [-0.4, -0.2) is 0 Å². The van der Waals surface area contributed by atoms with Crippen molar-refractivity contribution >= 4 is 0 Å². The number of benzene rings is 1. The molecular formula is C22H25. The average molecular weight is 289 g/mol. The molecule has 0 nitrogen and oxygen atoms in total. The van der Waals surface area contributed by atoms with Crippen LogP contribution in [0.1, 0.15) is 46.6 Å². The van der Waals surface area contributed by atoms with Crippen molar-refractivity contribution < 1.29 is 0 Å². The summed E-state index contributed by atoms with van der Waals surface area (Å²) in [5.41, 5.74) is 6.93. The molecule has 3 rings (SSSR count). The number of rotatable bonds is 2. The van der Waals surface area contributed by atoms with E-state index in [1.54, 1.807) is 0 Å². The molecule has 22 heavy (non-hydrogen) atoms. The molecule has 2 atom stereocenters. The van der Waals surface area contributed by atoms with Gasteiger partial charge in [0.25, 0.3) is 0 Å². The van der Waals surface area contributed by atoms with Gasteiger partial charge in [-0.3, -0.25) is 0 Å². The molecule has 0 amide bonds. The van der Waals surface area contributed by atoms with Crippen LogP contribution in [-0.2, 0) is 5.41 Å². The van der Waals surface area contributed by atoms with Crippen LogP contribution in [0.5, 0.6) is 0 Å². The zero-order chi connectivity index (χ0) is 16.0. The van der Waals surface area contributed by atoms with Crippen LogP contribution in [0.2, 0.25) is 0 Å². The van der Waals surface area contributed by atoms with Gasteiger partial charge in [0.15, 0.2) is 0 Å². The van der Waals surface area contributed by atoms with Gasteiger partial charge in [-0.1, -0.05) is 73.6 Å². The molecule has 0 aliphatic heterocycles. The van der Waals surface area contributed by atoms with Crippen molar-refractivity contribution in [1.82, 2.24) is 0 Å². The van der Waals surface area contributed by atoms with E-state index in [9.17, 15) is 0 Å². The molecule has 0 heterocycles. The molecule has 0 aromatic heterocycles. The lowest BCUT2D eigenvalue weighted by atomic mass is 9.67. The number of fused-ring (bicyclic) bond motifs is 1. The Balaban J connectivity index is 2.31. The van der Waals surface area contributed by atoms with Gasteiger partial charge in [-0.05, 0) is 50.0 Å². The van der Waals surface area contributed by atoms with Gasteiger partial charge in [0.2, 0.25) is 0 Å². The fraction of sp³-hybridized carbons (Fsp3) is 0.364. The first-order valence-corrected chi connectivity index (χ1v) is 8.22. The summed E-state index contributed by atoms with van der Waals surface area (Å²) in [4.78, 5) is 0. The molecule has 1 aromatic carbocycles. The van der Waals surface area contributed by atoms with Crippen molar-refractivity contribution in [3.8, 4) is 0 Å². The Kier molecular flexibility index (Phi) is 3.51. The van der Waals surface area contributed by atoms with Crippen molar-refractivity contribution in [1.29, 1.82) is 0 Å². The number of hydrogen-bond donors (Lipinski definition) is 0. The molecule has 2 aliphatic carbocycles. The smallest absolute Gasteiger partial charge is 0.0389 e. The molecule has 2 aliphatic rings. The maximum atomic E-state index is 3.78. The van der Waals surface area contributed by atoms with Crippen LogP contribution >= 0.6 is 0 Å². The van der Waals surface area contributed by atoms with Gasteiger partial charge in [0.05, 0.1) is 0 Å². The van der Waals surface area contributed by atoms with Crippen LogP contribution in [0.25, 0.3) is 0 Å². The molecule has 0 heteroatoms. The van der Waals surface area contributed by atoms with Gasteiger partial charge in [-0.25, -0.2) is 0 Å². The standard InChI is InChI=1S/C22H25/c1-6-21(4)15-18-12-10-11-16(2)22(5,20(18)17(21)3)19-13-8-7-9-14-19/h7-14H,6H2,1-5H3. The second-order valence-corrected chi connectivity index (χ2v) is 6.92.